The normalized spacial score (nSPS) is 22.9. The summed E-state index contributed by atoms with van der Waals surface area (Å²) in [4.78, 5) is 0. The van der Waals surface area contributed by atoms with E-state index in [2.05, 4.69) is 10.6 Å². The van der Waals surface area contributed by atoms with E-state index in [1.54, 1.807) is 0 Å². The highest BCUT2D eigenvalue weighted by Gasteiger charge is 2.32. The molecule has 3 N–H and O–H groups in total. The number of halogens is 3. The van der Waals surface area contributed by atoms with E-state index in [1.807, 2.05) is 0 Å². The quantitative estimate of drug-likeness (QED) is 0.800. The molecule has 1 aromatic rings. The molecule has 0 radical (unpaired) electrons. The molecule has 0 aliphatic carbocycles. The van der Waals surface area contributed by atoms with Gasteiger partial charge in [0.15, 0.2) is 0 Å². The molecule has 1 aromatic carbocycles. The van der Waals surface area contributed by atoms with Crippen LogP contribution in [0.2, 0.25) is 0 Å². The summed E-state index contributed by atoms with van der Waals surface area (Å²) in [5, 5.41) is 15.4. The van der Waals surface area contributed by atoms with Gasteiger partial charge in [-0.1, -0.05) is 0 Å². The second-order valence-electron chi connectivity index (χ2n) is 5.17. The Labute approximate surface area is 121 Å². The second kappa shape index (κ2) is 6.53. The Balaban J connectivity index is 2.15. The molecule has 0 spiro atoms. The molecule has 0 saturated carbocycles. The van der Waals surface area contributed by atoms with Gasteiger partial charge in [0.05, 0.1) is 18.8 Å². The first-order valence-corrected chi connectivity index (χ1v) is 6.79. The highest BCUT2D eigenvalue weighted by Crippen LogP contribution is 2.34. The van der Waals surface area contributed by atoms with Crippen molar-refractivity contribution in [2.75, 3.05) is 25.6 Å². The SMILES string of the molecule is COc1cc(NC2CC(CO)CCN2)cc(C(F)(F)F)c1. The molecular formula is C14H19F3N2O2. The van der Waals surface area contributed by atoms with Crippen molar-refractivity contribution in [1.29, 1.82) is 0 Å². The Morgan fingerprint density at radius 1 is 1.38 bits per heavy atom. The average Bonchev–Trinajstić information content (AvgIpc) is 2.46. The van der Waals surface area contributed by atoms with E-state index in [9.17, 15) is 18.3 Å². The fourth-order valence-corrected chi connectivity index (χ4v) is 2.44. The number of ether oxygens (including phenoxy) is 1. The molecule has 0 bridgehead atoms. The van der Waals surface area contributed by atoms with Crippen LogP contribution in [0.25, 0.3) is 0 Å². The molecule has 7 heteroatoms. The van der Waals surface area contributed by atoms with Crippen LogP contribution in [0.3, 0.4) is 0 Å². The van der Waals surface area contributed by atoms with Crippen LogP contribution >= 0.6 is 0 Å². The molecule has 2 atom stereocenters. The molecule has 1 aliphatic rings. The van der Waals surface area contributed by atoms with Crippen LogP contribution < -0.4 is 15.4 Å². The van der Waals surface area contributed by atoms with E-state index in [-0.39, 0.29) is 24.4 Å². The standard InChI is InChI=1S/C14H19F3N2O2/c1-21-12-6-10(14(15,16)17)5-11(7-12)19-13-4-9(8-20)2-3-18-13/h5-7,9,13,18-20H,2-4,8H2,1H3. The maximum Gasteiger partial charge on any atom is 0.416 e. The van der Waals surface area contributed by atoms with Gasteiger partial charge in [0.2, 0.25) is 0 Å². The molecule has 1 saturated heterocycles. The largest absolute Gasteiger partial charge is 0.497 e. The van der Waals surface area contributed by atoms with Gasteiger partial charge in [-0.15, -0.1) is 0 Å². The van der Waals surface area contributed by atoms with Crippen molar-refractivity contribution in [3.8, 4) is 5.75 Å². The Bertz CT molecular complexity index is 480. The fraction of sp³-hybridized carbons (Fsp3) is 0.571. The van der Waals surface area contributed by atoms with Crippen molar-refractivity contribution in [3.63, 3.8) is 0 Å². The summed E-state index contributed by atoms with van der Waals surface area (Å²) in [5.41, 5.74) is -0.406. The molecule has 4 nitrogen and oxygen atoms in total. The Morgan fingerprint density at radius 2 is 2.14 bits per heavy atom. The Hall–Kier alpha value is -1.47. The number of anilines is 1. The van der Waals surface area contributed by atoms with Crippen molar-refractivity contribution in [2.45, 2.75) is 25.2 Å². The molecule has 118 valence electrons. The third-order valence-electron chi connectivity index (χ3n) is 3.58. The minimum Gasteiger partial charge on any atom is -0.497 e. The number of methoxy groups -OCH3 is 1. The lowest BCUT2D eigenvalue weighted by atomic mass is 9.96. The van der Waals surface area contributed by atoms with Crippen molar-refractivity contribution in [1.82, 2.24) is 5.32 Å². The van der Waals surface area contributed by atoms with Gasteiger partial charge >= 0.3 is 6.18 Å². The molecule has 1 fully saturated rings. The molecule has 2 rings (SSSR count). The number of piperidine rings is 1. The lowest BCUT2D eigenvalue weighted by Gasteiger charge is -2.30. The summed E-state index contributed by atoms with van der Waals surface area (Å²) >= 11 is 0. The third-order valence-corrected chi connectivity index (χ3v) is 3.58. The summed E-state index contributed by atoms with van der Waals surface area (Å²) < 4.78 is 43.5. The van der Waals surface area contributed by atoms with Gasteiger partial charge in [-0.2, -0.15) is 13.2 Å². The molecule has 0 aromatic heterocycles. The predicted molar refractivity (Wildman–Crippen MR) is 73.2 cm³/mol. The lowest BCUT2D eigenvalue weighted by molar-refractivity contribution is -0.137. The van der Waals surface area contributed by atoms with Crippen molar-refractivity contribution in [3.05, 3.63) is 23.8 Å². The molecule has 1 aliphatic heterocycles. The maximum absolute atomic E-state index is 12.8. The predicted octanol–water partition coefficient (Wildman–Crippen LogP) is 2.44. The summed E-state index contributed by atoms with van der Waals surface area (Å²) in [6.07, 6.45) is -3.06. The monoisotopic (exact) mass is 304 g/mol. The molecule has 1 heterocycles. The van der Waals surface area contributed by atoms with Crippen molar-refractivity contribution in [2.24, 2.45) is 5.92 Å². The number of nitrogens with one attached hydrogen (secondary N) is 2. The van der Waals surface area contributed by atoms with Crippen LogP contribution in [0.4, 0.5) is 18.9 Å². The summed E-state index contributed by atoms with van der Waals surface area (Å²) in [7, 11) is 1.33. The number of benzene rings is 1. The summed E-state index contributed by atoms with van der Waals surface area (Å²) in [5.74, 6) is 0.318. The van der Waals surface area contributed by atoms with Crippen LogP contribution in [0.15, 0.2) is 18.2 Å². The third kappa shape index (κ3) is 4.25. The van der Waals surface area contributed by atoms with Crippen molar-refractivity contribution >= 4 is 5.69 Å². The van der Waals surface area contributed by atoms with E-state index in [4.69, 9.17) is 4.74 Å². The van der Waals surface area contributed by atoms with Gasteiger partial charge in [-0.25, -0.2) is 0 Å². The highest BCUT2D eigenvalue weighted by molar-refractivity contribution is 5.52. The highest BCUT2D eigenvalue weighted by atomic mass is 19.4. The number of hydrogen-bond donors (Lipinski definition) is 3. The van der Waals surface area contributed by atoms with Gasteiger partial charge in [0.25, 0.3) is 0 Å². The number of hydrogen-bond acceptors (Lipinski definition) is 4. The zero-order chi connectivity index (χ0) is 15.5. The van der Waals surface area contributed by atoms with E-state index in [1.165, 1.54) is 13.2 Å². The van der Waals surface area contributed by atoms with E-state index < -0.39 is 11.7 Å². The fourth-order valence-electron chi connectivity index (χ4n) is 2.44. The molecule has 2 unspecified atom stereocenters. The van der Waals surface area contributed by atoms with Gasteiger partial charge in [0.1, 0.15) is 5.75 Å². The van der Waals surface area contributed by atoms with E-state index >= 15 is 0 Å². The molecule has 0 amide bonds. The van der Waals surface area contributed by atoms with Crippen LogP contribution in [-0.4, -0.2) is 31.5 Å². The maximum atomic E-state index is 12.8. The second-order valence-corrected chi connectivity index (χ2v) is 5.17. The number of aliphatic hydroxyl groups excluding tert-OH is 1. The number of rotatable bonds is 4. The first kappa shape index (κ1) is 15.9. The van der Waals surface area contributed by atoms with E-state index in [0.717, 1.165) is 25.1 Å². The summed E-state index contributed by atoms with van der Waals surface area (Å²) in [6.45, 7) is 0.810. The van der Waals surface area contributed by atoms with Gasteiger partial charge in [0, 0.05) is 18.4 Å². The van der Waals surface area contributed by atoms with Crippen LogP contribution in [-0.2, 0) is 6.18 Å². The minimum atomic E-state index is -4.42. The van der Waals surface area contributed by atoms with Gasteiger partial charge < -0.3 is 15.2 Å². The van der Waals surface area contributed by atoms with Gasteiger partial charge in [-0.3, -0.25) is 5.32 Å². The zero-order valence-electron chi connectivity index (χ0n) is 11.7. The first-order valence-electron chi connectivity index (χ1n) is 6.79. The summed E-state index contributed by atoms with van der Waals surface area (Å²) in [6, 6.07) is 3.56. The average molecular weight is 304 g/mol. The first-order chi connectivity index (χ1) is 9.92. The zero-order valence-corrected chi connectivity index (χ0v) is 11.7. The molecular weight excluding hydrogens is 285 g/mol. The Kier molecular flexibility index (Phi) is 4.95. The van der Waals surface area contributed by atoms with Crippen LogP contribution in [0.1, 0.15) is 18.4 Å². The van der Waals surface area contributed by atoms with Crippen LogP contribution in [0, 0.1) is 5.92 Å². The van der Waals surface area contributed by atoms with Crippen molar-refractivity contribution < 1.29 is 23.0 Å². The minimum absolute atomic E-state index is 0.0891. The number of aliphatic hydroxyl groups is 1. The smallest absolute Gasteiger partial charge is 0.416 e. The Morgan fingerprint density at radius 3 is 2.76 bits per heavy atom. The topological polar surface area (TPSA) is 53.5 Å². The van der Waals surface area contributed by atoms with Crippen LogP contribution in [0.5, 0.6) is 5.75 Å². The van der Waals surface area contributed by atoms with E-state index in [0.29, 0.717) is 12.1 Å². The molecule has 21 heavy (non-hydrogen) atoms. The van der Waals surface area contributed by atoms with Gasteiger partial charge in [-0.05, 0) is 37.4 Å². The lowest BCUT2D eigenvalue weighted by Crippen LogP contribution is -2.44. The number of alkyl halides is 3.